The zero-order valence-electron chi connectivity index (χ0n) is 55.4. The molecule has 1 nitrogen and oxygen atoms in total. The lowest BCUT2D eigenvalue weighted by Crippen LogP contribution is -2.52. The van der Waals surface area contributed by atoms with Crippen molar-refractivity contribution in [3.05, 3.63) is 0 Å². The summed E-state index contributed by atoms with van der Waals surface area (Å²) in [5, 5.41) is 16.5. The molecule has 0 saturated heterocycles. The van der Waals surface area contributed by atoms with E-state index >= 15 is 0 Å². The Morgan fingerprint density at radius 3 is 0.679 bits per heavy atom. The van der Waals surface area contributed by atoms with E-state index in [1.807, 2.05) is 0 Å². The van der Waals surface area contributed by atoms with Gasteiger partial charge in [0.05, 0.1) is 0 Å². The Hall–Kier alpha value is -4.75. The van der Waals surface area contributed by atoms with Gasteiger partial charge in [-0.05, 0) is 81.9 Å². The van der Waals surface area contributed by atoms with Crippen LogP contribution in [0.3, 0.4) is 0 Å². The van der Waals surface area contributed by atoms with E-state index < -0.39 is 0 Å². The van der Waals surface area contributed by atoms with Gasteiger partial charge in [-0.2, -0.15) is 0 Å². The molecule has 0 radical (unpaired) electrons. The average molecular weight is 1000 g/mol. The highest BCUT2D eigenvalue weighted by Crippen LogP contribution is 2.42. The summed E-state index contributed by atoms with van der Waals surface area (Å²) < 4.78 is 7.44. The van der Waals surface area contributed by atoms with Gasteiger partial charge in [0, 0.05) is 16.2 Å². The van der Waals surface area contributed by atoms with E-state index in [0.29, 0.717) is 0 Å². The molecule has 1 aromatic heterocycles. The molecule has 0 N–H and O–H groups in total. The van der Waals surface area contributed by atoms with Gasteiger partial charge in [0.25, 0.3) is 0 Å². The van der Waals surface area contributed by atoms with Gasteiger partial charge in [0.15, 0.2) is 0 Å². The van der Waals surface area contributed by atoms with Crippen LogP contribution in [0, 0.1) is 0 Å². The van der Waals surface area contributed by atoms with Crippen LogP contribution in [0.5, 0.6) is 0 Å². The van der Waals surface area contributed by atoms with Crippen LogP contribution in [-0.2, 0) is 0 Å². The Morgan fingerprint density at radius 1 is 0.111 bits per heavy atom. The van der Waals surface area contributed by atoms with Gasteiger partial charge in [-0.15, -0.1) is 54.6 Å². The summed E-state index contributed by atoms with van der Waals surface area (Å²) in [5.74, 6) is 0. The summed E-state index contributed by atoms with van der Waals surface area (Å²) in [6, 6.07) is 0. The van der Waals surface area contributed by atoms with Gasteiger partial charge >= 0.3 is 0 Å². The first-order valence-corrected chi connectivity index (χ1v) is 30.2. The van der Waals surface area contributed by atoms with Crippen LogP contribution < -0.4 is 164 Å². The molecule has 0 saturated carbocycles. The first-order valence-electron chi connectivity index (χ1n) is 30.2. The fraction of sp³-hybridized carbons (Fsp3) is 0. The molecular formula is C50H60B30O. The van der Waals surface area contributed by atoms with Crippen LogP contribution in [0.4, 0.5) is 0 Å². The van der Waals surface area contributed by atoms with Gasteiger partial charge in [-0.25, -0.2) is 0 Å². The monoisotopic (exact) mass is 1010 g/mol. The fourth-order valence-electron chi connectivity index (χ4n) is 16.4. The zero-order chi connectivity index (χ0) is 59.6. The van der Waals surface area contributed by atoms with Gasteiger partial charge in [-0.3, -0.25) is 0 Å². The molecule has 11 rings (SSSR count). The Balaban J connectivity index is 1.39. The lowest BCUT2D eigenvalue weighted by Gasteiger charge is -2.33. The molecule has 31 heteroatoms. The van der Waals surface area contributed by atoms with Crippen LogP contribution >= 0.6 is 0 Å². The molecule has 356 valence electrons. The first-order chi connectivity index (χ1) is 37.8. The van der Waals surface area contributed by atoms with E-state index in [4.69, 9.17) is 4.42 Å². The van der Waals surface area contributed by atoms with Crippen molar-refractivity contribution in [2.75, 3.05) is 0 Å². The summed E-state index contributed by atoms with van der Waals surface area (Å²) in [7, 11) is 71.5. The Labute approximate surface area is 509 Å². The normalized spacial score (nSPS) is 12.0. The summed E-state index contributed by atoms with van der Waals surface area (Å²) in [4.78, 5) is 0. The third-order valence-electron chi connectivity index (χ3n) is 23.6. The van der Waals surface area contributed by atoms with Crippen molar-refractivity contribution >= 4 is 475 Å². The van der Waals surface area contributed by atoms with Crippen molar-refractivity contribution in [2.24, 2.45) is 0 Å². The molecule has 81 heavy (non-hydrogen) atoms. The Kier molecular flexibility index (Phi) is 13.9. The summed E-state index contributed by atoms with van der Waals surface area (Å²) >= 11 is 0. The predicted octanol–water partition coefficient (Wildman–Crippen LogP) is -37.9. The van der Waals surface area contributed by atoms with E-state index in [0.717, 1.165) is 11.2 Å². The largest absolute Gasteiger partial charge is 0.456 e. The molecule has 1 heterocycles. The number of hydrogen-bond donors (Lipinski definition) is 0. The lowest BCUT2D eigenvalue weighted by molar-refractivity contribution is 0.676. The van der Waals surface area contributed by atoms with Crippen molar-refractivity contribution in [2.45, 2.75) is 0 Å². The van der Waals surface area contributed by atoms with Gasteiger partial charge in [0.1, 0.15) is 247 Å². The standard InChI is InChI=1S/C50H60B30O/c51-19-3(8-9(25(57)42(74)41(73)24(8)56)10-14(19)33(65)44(76)43(75)26(10)58)1-4-6(22(54)39(71)37(69)20(4)52)2(7-5(1)21(53)38(70)40(72)23(7)55)13-28(60)30(62)15(31(63)29(13)61)11-12-17-35(67)32(64)16-18(36(68)46(78)45(77)34(16)66)49(17)81-50(12)48(80)47(79)27(11)59/h51-80H2. The molecule has 0 atom stereocenters. The highest BCUT2D eigenvalue weighted by molar-refractivity contribution is 6.79. The smallest absolute Gasteiger partial charge is 0.143 e. The highest BCUT2D eigenvalue weighted by atomic mass is 16.3. The molecule has 0 fully saturated rings. The van der Waals surface area contributed by atoms with E-state index in [1.54, 1.807) is 0 Å². The minimum Gasteiger partial charge on any atom is -0.456 e. The van der Waals surface area contributed by atoms with Gasteiger partial charge in [0.2, 0.25) is 0 Å². The molecule has 0 aliphatic rings. The number of rotatable bonds is 3. The molecular weight excluding hydrogens is 941 g/mol. The molecule has 10 aromatic carbocycles. The fourth-order valence-corrected chi connectivity index (χ4v) is 16.4. The minimum atomic E-state index is 1.02. The summed E-state index contributed by atoms with van der Waals surface area (Å²) in [6.45, 7) is 0. The number of hydrogen-bond acceptors (Lipinski definition) is 1. The van der Waals surface area contributed by atoms with Crippen molar-refractivity contribution in [1.82, 2.24) is 0 Å². The van der Waals surface area contributed by atoms with Gasteiger partial charge in [-0.1, -0.05) is 109 Å². The maximum absolute atomic E-state index is 7.44. The second kappa shape index (κ2) is 19.4. The summed E-state index contributed by atoms with van der Waals surface area (Å²) in [5.41, 5.74) is 51.4. The van der Waals surface area contributed by atoms with Crippen LogP contribution in [0.1, 0.15) is 0 Å². The summed E-state index contributed by atoms with van der Waals surface area (Å²) in [6.07, 6.45) is 0. The molecule has 0 aliphatic heterocycles. The van der Waals surface area contributed by atoms with Crippen LogP contribution in [0.2, 0.25) is 0 Å². The highest BCUT2D eigenvalue weighted by Gasteiger charge is 2.33. The molecule has 11 aromatic rings. The third-order valence-corrected chi connectivity index (χ3v) is 23.6. The molecule has 0 spiro atoms. The topological polar surface area (TPSA) is 13.1 Å². The van der Waals surface area contributed by atoms with Crippen molar-refractivity contribution in [3.63, 3.8) is 0 Å². The quantitative estimate of drug-likeness (QED) is 0.0977. The van der Waals surface area contributed by atoms with Crippen LogP contribution in [0.25, 0.3) is 109 Å². The van der Waals surface area contributed by atoms with E-state index in [-0.39, 0.29) is 0 Å². The molecule has 0 unspecified atom stereocenters. The number of fused-ring (bicyclic) bond motifs is 10. The number of furan rings is 1. The maximum atomic E-state index is 7.44. The van der Waals surface area contributed by atoms with Crippen molar-refractivity contribution in [1.29, 1.82) is 0 Å². The predicted molar refractivity (Wildman–Crippen MR) is 463 cm³/mol. The zero-order valence-corrected chi connectivity index (χ0v) is 55.4. The van der Waals surface area contributed by atoms with Gasteiger partial charge < -0.3 is 4.42 Å². The Morgan fingerprint density at radius 2 is 0.309 bits per heavy atom. The lowest BCUT2D eigenvalue weighted by atomic mass is 9.55. The molecule has 0 amide bonds. The maximum Gasteiger partial charge on any atom is 0.143 e. The first kappa shape index (κ1) is 58.0. The number of benzene rings is 10. The SMILES string of the molecule is Bc1c(B)c(-c2c(B)c(B)c(B)c3oc4c5c(B)c(B)c(B)c(B)c5c(B)c(B)c4c23)c(B)c(B)c1-c1c2c(B)c(B)c(B)c(B)c2c(-c2c(B)c3c(B)c(B)c(B)c(B)c3c3c(B)c(B)c(B)c(B)c23)c2c(B)c(B)c(B)c(B)c12. The second-order valence-corrected chi connectivity index (χ2v) is 26.3. The van der Waals surface area contributed by atoms with Crippen LogP contribution in [0.15, 0.2) is 4.42 Å². The van der Waals surface area contributed by atoms with E-state index in [2.05, 4.69) is 235 Å². The second-order valence-electron chi connectivity index (χ2n) is 26.3. The van der Waals surface area contributed by atoms with Crippen molar-refractivity contribution in [3.8, 4) is 33.4 Å². The minimum absolute atomic E-state index is 1.02. The van der Waals surface area contributed by atoms with Crippen molar-refractivity contribution < 1.29 is 4.42 Å². The molecule has 0 bridgehead atoms. The van der Waals surface area contributed by atoms with E-state index in [9.17, 15) is 0 Å². The molecule has 0 aliphatic carbocycles. The third kappa shape index (κ3) is 7.30. The average Bonchev–Trinajstić information content (AvgIpc) is 2.54. The van der Waals surface area contributed by atoms with Crippen LogP contribution in [-0.4, -0.2) is 235 Å². The van der Waals surface area contributed by atoms with E-state index in [1.165, 1.54) is 262 Å². The Bertz CT molecular complexity index is 4820.